The summed E-state index contributed by atoms with van der Waals surface area (Å²) in [7, 11) is 1.51. The Bertz CT molecular complexity index is 528. The fourth-order valence-electron chi connectivity index (χ4n) is 0.980. The average Bonchev–Trinajstić information content (AvgIpc) is 2.34. The van der Waals surface area contributed by atoms with Gasteiger partial charge in [0.2, 0.25) is 5.71 Å². The van der Waals surface area contributed by atoms with Gasteiger partial charge in [0.05, 0.1) is 22.3 Å². The first-order valence-corrected chi connectivity index (χ1v) is 5.47. The minimum absolute atomic E-state index is 0.296. The van der Waals surface area contributed by atoms with Crippen molar-refractivity contribution in [2.45, 2.75) is 0 Å². The van der Waals surface area contributed by atoms with Gasteiger partial charge in [0, 0.05) is 0 Å². The van der Waals surface area contributed by atoms with Crippen LogP contribution in [0.15, 0.2) is 21.7 Å². The van der Waals surface area contributed by atoms with Gasteiger partial charge in [-0.2, -0.15) is 15.6 Å². The van der Waals surface area contributed by atoms with E-state index < -0.39 is 0 Å². The number of methoxy groups -OCH3 is 1. The first kappa shape index (κ1) is 13.3. The summed E-state index contributed by atoms with van der Waals surface area (Å²) in [6, 6.07) is 6.54. The quantitative estimate of drug-likeness (QED) is 0.687. The largest absolute Gasteiger partial charge is 0.495 e. The van der Waals surface area contributed by atoms with Crippen molar-refractivity contribution >= 4 is 38.9 Å². The molecule has 0 aromatic heterocycles. The highest BCUT2D eigenvalue weighted by atomic mass is 79.9. The molecule has 0 aliphatic heterocycles. The first-order chi connectivity index (χ1) is 8.13. The van der Waals surface area contributed by atoms with Crippen molar-refractivity contribution in [2.24, 2.45) is 5.10 Å². The van der Waals surface area contributed by atoms with Crippen molar-refractivity contribution in [3.05, 3.63) is 21.6 Å². The van der Waals surface area contributed by atoms with E-state index in [2.05, 4.69) is 26.5 Å². The maximum Gasteiger partial charge on any atom is 0.237 e. The SMILES string of the molecule is COc1ccc(Cl)c(NN=C(C#N)C#N)c1Br. The maximum atomic E-state index is 8.53. The third kappa shape index (κ3) is 3.10. The van der Waals surface area contributed by atoms with Crippen molar-refractivity contribution in [2.75, 3.05) is 12.5 Å². The van der Waals surface area contributed by atoms with Crippen LogP contribution in [-0.2, 0) is 0 Å². The van der Waals surface area contributed by atoms with Crippen molar-refractivity contribution in [1.82, 2.24) is 0 Å². The van der Waals surface area contributed by atoms with Crippen LogP contribution in [0.5, 0.6) is 5.75 Å². The highest BCUT2D eigenvalue weighted by Crippen LogP contribution is 2.37. The summed E-state index contributed by atoms with van der Waals surface area (Å²) >= 11 is 9.22. The number of rotatable bonds is 3. The van der Waals surface area contributed by atoms with Crippen molar-refractivity contribution in [1.29, 1.82) is 10.5 Å². The Labute approximate surface area is 111 Å². The molecule has 0 unspecified atom stereocenters. The fourth-order valence-corrected chi connectivity index (χ4v) is 1.89. The number of benzene rings is 1. The zero-order chi connectivity index (χ0) is 12.8. The van der Waals surface area contributed by atoms with Gasteiger partial charge in [-0.15, -0.1) is 0 Å². The third-order valence-electron chi connectivity index (χ3n) is 1.77. The van der Waals surface area contributed by atoms with Gasteiger partial charge in [0.15, 0.2) is 0 Å². The van der Waals surface area contributed by atoms with Crippen LogP contribution in [0.4, 0.5) is 5.69 Å². The number of ether oxygens (including phenoxy) is 1. The summed E-state index contributed by atoms with van der Waals surface area (Å²) in [6.45, 7) is 0. The van der Waals surface area contributed by atoms with Crippen LogP contribution < -0.4 is 10.2 Å². The molecule has 0 heterocycles. The first-order valence-electron chi connectivity index (χ1n) is 4.30. The Morgan fingerprint density at radius 3 is 2.65 bits per heavy atom. The van der Waals surface area contributed by atoms with E-state index in [-0.39, 0.29) is 5.71 Å². The lowest BCUT2D eigenvalue weighted by Crippen LogP contribution is -1.98. The van der Waals surface area contributed by atoms with E-state index in [4.69, 9.17) is 26.9 Å². The molecule has 1 N–H and O–H groups in total. The lowest BCUT2D eigenvalue weighted by molar-refractivity contribution is 0.412. The van der Waals surface area contributed by atoms with Gasteiger partial charge in [-0.1, -0.05) is 11.6 Å². The monoisotopic (exact) mass is 312 g/mol. The third-order valence-corrected chi connectivity index (χ3v) is 2.87. The van der Waals surface area contributed by atoms with Gasteiger partial charge in [0.25, 0.3) is 0 Å². The molecule has 1 aromatic rings. The van der Waals surface area contributed by atoms with Crippen LogP contribution in [0.2, 0.25) is 5.02 Å². The van der Waals surface area contributed by atoms with Crippen LogP contribution in [0.25, 0.3) is 0 Å². The summed E-state index contributed by atoms with van der Waals surface area (Å²) in [4.78, 5) is 0. The number of hydrogen-bond donors (Lipinski definition) is 1. The number of hydrogen-bond acceptors (Lipinski definition) is 5. The molecule has 1 aromatic carbocycles. The second kappa shape index (κ2) is 6.09. The standard InChI is InChI=1S/C10H6BrClN4O/c1-17-8-3-2-7(12)10(9(8)11)16-15-6(4-13)5-14/h2-3,16H,1H3. The maximum absolute atomic E-state index is 8.53. The summed E-state index contributed by atoms with van der Waals surface area (Å²) in [5.41, 5.74) is 2.67. The molecule has 0 bridgehead atoms. The van der Waals surface area contributed by atoms with Crippen LogP contribution >= 0.6 is 27.5 Å². The summed E-state index contributed by atoms with van der Waals surface area (Å²) < 4.78 is 5.64. The Hall–Kier alpha value is -1.76. The number of nitriles is 2. The van der Waals surface area contributed by atoms with Gasteiger partial charge in [-0.3, -0.25) is 5.43 Å². The molecular weight excluding hydrogens is 307 g/mol. The normalized spacial score (nSPS) is 8.76. The smallest absolute Gasteiger partial charge is 0.237 e. The lowest BCUT2D eigenvalue weighted by atomic mass is 10.3. The second-order valence-electron chi connectivity index (χ2n) is 2.73. The molecule has 86 valence electrons. The highest BCUT2D eigenvalue weighted by molar-refractivity contribution is 9.10. The molecule has 0 amide bonds. The summed E-state index contributed by atoms with van der Waals surface area (Å²) in [5.74, 6) is 0.558. The van der Waals surface area contributed by atoms with E-state index in [1.165, 1.54) is 7.11 Å². The number of halogens is 2. The van der Waals surface area contributed by atoms with Crippen LogP contribution in [-0.4, -0.2) is 12.8 Å². The molecular formula is C10H6BrClN4O. The van der Waals surface area contributed by atoms with Gasteiger partial charge >= 0.3 is 0 Å². The molecule has 17 heavy (non-hydrogen) atoms. The topological polar surface area (TPSA) is 81.2 Å². The zero-order valence-electron chi connectivity index (χ0n) is 8.66. The van der Waals surface area contributed by atoms with Gasteiger partial charge in [-0.25, -0.2) is 0 Å². The number of hydrazone groups is 1. The zero-order valence-corrected chi connectivity index (χ0v) is 11.0. The number of anilines is 1. The Morgan fingerprint density at radius 2 is 2.12 bits per heavy atom. The molecule has 5 nitrogen and oxygen atoms in total. The molecule has 0 saturated heterocycles. The summed E-state index contributed by atoms with van der Waals surface area (Å²) in [5, 5.41) is 21.0. The van der Waals surface area contributed by atoms with Crippen LogP contribution in [0.3, 0.4) is 0 Å². The van der Waals surface area contributed by atoms with E-state index in [1.54, 1.807) is 24.3 Å². The van der Waals surface area contributed by atoms with Gasteiger partial charge in [0.1, 0.15) is 17.9 Å². The summed E-state index contributed by atoms with van der Waals surface area (Å²) in [6.07, 6.45) is 0. The predicted molar refractivity (Wildman–Crippen MR) is 68.0 cm³/mol. The van der Waals surface area contributed by atoms with Crippen molar-refractivity contribution in [3.63, 3.8) is 0 Å². The van der Waals surface area contributed by atoms with E-state index in [0.717, 1.165) is 0 Å². The molecule has 0 atom stereocenters. The Morgan fingerprint density at radius 1 is 1.47 bits per heavy atom. The fraction of sp³-hybridized carbons (Fsp3) is 0.100. The van der Waals surface area contributed by atoms with Crippen LogP contribution in [0, 0.1) is 22.7 Å². The van der Waals surface area contributed by atoms with Crippen molar-refractivity contribution in [3.8, 4) is 17.9 Å². The molecule has 0 aliphatic rings. The molecule has 7 heteroatoms. The molecule has 0 aliphatic carbocycles. The predicted octanol–water partition coefficient (Wildman–Crippen LogP) is 2.93. The van der Waals surface area contributed by atoms with E-state index in [0.29, 0.717) is 20.9 Å². The minimum Gasteiger partial charge on any atom is -0.495 e. The minimum atomic E-state index is -0.296. The Balaban J connectivity index is 3.12. The molecule has 0 saturated carbocycles. The second-order valence-corrected chi connectivity index (χ2v) is 3.93. The van der Waals surface area contributed by atoms with Gasteiger partial charge in [-0.05, 0) is 28.1 Å². The van der Waals surface area contributed by atoms with Crippen LogP contribution in [0.1, 0.15) is 0 Å². The average molecular weight is 314 g/mol. The van der Waals surface area contributed by atoms with Gasteiger partial charge < -0.3 is 4.74 Å². The van der Waals surface area contributed by atoms with E-state index >= 15 is 0 Å². The molecule has 0 radical (unpaired) electrons. The molecule has 0 spiro atoms. The van der Waals surface area contributed by atoms with E-state index in [1.807, 2.05) is 0 Å². The van der Waals surface area contributed by atoms with Crippen molar-refractivity contribution < 1.29 is 4.74 Å². The van der Waals surface area contributed by atoms with E-state index in [9.17, 15) is 0 Å². The number of nitrogens with one attached hydrogen (secondary N) is 1. The number of nitrogens with zero attached hydrogens (tertiary/aromatic N) is 3. The molecule has 0 fully saturated rings. The lowest BCUT2D eigenvalue weighted by Gasteiger charge is -2.09. The highest BCUT2D eigenvalue weighted by Gasteiger charge is 2.10. The Kier molecular flexibility index (Phi) is 4.77. The molecule has 1 rings (SSSR count).